The molecule has 0 spiro atoms. The third-order valence-electron chi connectivity index (χ3n) is 3.50. The molecule has 0 saturated heterocycles. The van der Waals surface area contributed by atoms with E-state index in [4.69, 9.17) is 4.74 Å². The molecule has 3 N–H and O–H groups in total. The lowest BCUT2D eigenvalue weighted by molar-refractivity contribution is 0.146. The summed E-state index contributed by atoms with van der Waals surface area (Å²) in [5.41, 5.74) is 0.564. The summed E-state index contributed by atoms with van der Waals surface area (Å²) in [4.78, 5) is 15.8. The number of ether oxygens (including phenoxy) is 1. The topological polar surface area (TPSA) is 74.8 Å². The molecule has 0 aliphatic carbocycles. The number of amides is 1. The number of benzene rings is 1. The third-order valence-corrected chi connectivity index (χ3v) is 3.50. The van der Waals surface area contributed by atoms with Crippen LogP contribution in [0, 0.1) is 11.7 Å². The van der Waals surface area contributed by atoms with Crippen LogP contribution in [-0.2, 0) is 11.3 Å². The van der Waals surface area contributed by atoms with Crippen LogP contribution in [0.1, 0.15) is 32.8 Å². The van der Waals surface area contributed by atoms with Gasteiger partial charge in [0.15, 0.2) is 5.96 Å². The van der Waals surface area contributed by atoms with Crippen LogP contribution < -0.4 is 16.0 Å². The van der Waals surface area contributed by atoms with Crippen molar-refractivity contribution in [1.29, 1.82) is 0 Å². The lowest BCUT2D eigenvalue weighted by Gasteiger charge is -2.22. The van der Waals surface area contributed by atoms with Crippen molar-refractivity contribution in [2.24, 2.45) is 10.9 Å². The molecule has 1 unspecified atom stereocenters. The largest absolute Gasteiger partial charge is 0.450 e. The molecule has 0 aliphatic heterocycles. The maximum Gasteiger partial charge on any atom is 0.407 e. The van der Waals surface area contributed by atoms with Crippen molar-refractivity contribution in [2.45, 2.75) is 39.8 Å². The van der Waals surface area contributed by atoms with Crippen LogP contribution in [0.2, 0.25) is 0 Å². The molecule has 1 rings (SSSR count). The number of carbonyl (C=O) groups excluding carboxylic acids is 1. The van der Waals surface area contributed by atoms with Gasteiger partial charge in [0, 0.05) is 31.7 Å². The van der Waals surface area contributed by atoms with Gasteiger partial charge in [0.2, 0.25) is 0 Å². The molecule has 140 valence electrons. The van der Waals surface area contributed by atoms with Crippen LogP contribution in [-0.4, -0.2) is 38.3 Å². The molecule has 0 saturated carbocycles. The Kier molecular flexibility index (Phi) is 9.36. The van der Waals surface area contributed by atoms with E-state index in [1.165, 1.54) is 6.07 Å². The van der Waals surface area contributed by atoms with Gasteiger partial charge in [-0.15, -0.1) is 0 Å². The standard InChI is InChI=1S/C18H29FN4O2/c1-5-25-18(24)23-15(10-13(2)3)12-22-17(20-4)21-11-14-8-6-7-9-16(14)19/h6-9,13,15H,5,10-12H2,1-4H3,(H,23,24)(H2,20,21,22). The van der Waals surface area contributed by atoms with E-state index in [2.05, 4.69) is 34.8 Å². The maximum absolute atomic E-state index is 13.7. The molecule has 0 aromatic heterocycles. The van der Waals surface area contributed by atoms with E-state index in [0.717, 1.165) is 6.42 Å². The van der Waals surface area contributed by atoms with Crippen molar-refractivity contribution in [3.63, 3.8) is 0 Å². The fourth-order valence-electron chi connectivity index (χ4n) is 2.36. The minimum Gasteiger partial charge on any atom is -0.450 e. The van der Waals surface area contributed by atoms with Crippen LogP contribution >= 0.6 is 0 Å². The number of rotatable bonds is 8. The molecule has 0 aliphatic rings. The summed E-state index contributed by atoms with van der Waals surface area (Å²) in [6, 6.07) is 6.50. The number of hydrogen-bond donors (Lipinski definition) is 3. The highest BCUT2D eigenvalue weighted by atomic mass is 19.1. The van der Waals surface area contributed by atoms with Crippen LogP contribution in [0.15, 0.2) is 29.3 Å². The van der Waals surface area contributed by atoms with Gasteiger partial charge < -0.3 is 20.7 Å². The maximum atomic E-state index is 13.7. The average molecular weight is 352 g/mol. The first-order chi connectivity index (χ1) is 12.0. The summed E-state index contributed by atoms with van der Waals surface area (Å²) < 4.78 is 18.6. The summed E-state index contributed by atoms with van der Waals surface area (Å²) in [6.45, 7) is 7.10. The zero-order valence-electron chi connectivity index (χ0n) is 15.4. The van der Waals surface area contributed by atoms with E-state index in [0.29, 0.717) is 37.1 Å². The van der Waals surface area contributed by atoms with Crippen molar-refractivity contribution in [3.8, 4) is 0 Å². The Balaban J connectivity index is 2.53. The van der Waals surface area contributed by atoms with Gasteiger partial charge in [-0.2, -0.15) is 0 Å². The van der Waals surface area contributed by atoms with Crippen LogP contribution in [0.4, 0.5) is 9.18 Å². The van der Waals surface area contributed by atoms with Gasteiger partial charge in [-0.25, -0.2) is 9.18 Å². The fourth-order valence-corrected chi connectivity index (χ4v) is 2.36. The Bertz CT molecular complexity index is 564. The number of nitrogens with zero attached hydrogens (tertiary/aromatic N) is 1. The van der Waals surface area contributed by atoms with Gasteiger partial charge in [0.1, 0.15) is 5.82 Å². The number of carbonyl (C=O) groups is 1. The lowest BCUT2D eigenvalue weighted by atomic mass is 10.0. The first-order valence-electron chi connectivity index (χ1n) is 8.57. The highest BCUT2D eigenvalue weighted by molar-refractivity contribution is 5.79. The van der Waals surface area contributed by atoms with Gasteiger partial charge in [-0.1, -0.05) is 32.0 Å². The lowest BCUT2D eigenvalue weighted by Crippen LogP contribution is -2.47. The molecule has 1 aromatic carbocycles. The van der Waals surface area contributed by atoms with Crippen molar-refractivity contribution < 1.29 is 13.9 Å². The summed E-state index contributed by atoms with van der Waals surface area (Å²) in [5, 5.41) is 9.07. The summed E-state index contributed by atoms with van der Waals surface area (Å²) >= 11 is 0. The Morgan fingerprint density at radius 3 is 2.60 bits per heavy atom. The smallest absolute Gasteiger partial charge is 0.407 e. The van der Waals surface area contributed by atoms with E-state index in [1.807, 2.05) is 0 Å². The normalized spacial score (nSPS) is 12.6. The molecule has 1 atom stereocenters. The molecule has 1 aromatic rings. The first kappa shape index (κ1) is 20.7. The molecule has 6 nitrogen and oxygen atoms in total. The minimum atomic E-state index is -0.427. The van der Waals surface area contributed by atoms with Crippen molar-refractivity contribution in [1.82, 2.24) is 16.0 Å². The second-order valence-electron chi connectivity index (χ2n) is 6.09. The Labute approximate surface area is 149 Å². The highest BCUT2D eigenvalue weighted by Gasteiger charge is 2.15. The monoisotopic (exact) mass is 352 g/mol. The van der Waals surface area contributed by atoms with E-state index in [1.54, 1.807) is 32.2 Å². The summed E-state index contributed by atoms with van der Waals surface area (Å²) in [6.07, 6.45) is 0.375. The molecule has 1 amide bonds. The van der Waals surface area contributed by atoms with E-state index >= 15 is 0 Å². The van der Waals surface area contributed by atoms with Crippen LogP contribution in [0.5, 0.6) is 0 Å². The van der Waals surface area contributed by atoms with Gasteiger partial charge in [-0.3, -0.25) is 4.99 Å². The van der Waals surface area contributed by atoms with Crippen molar-refractivity contribution in [3.05, 3.63) is 35.6 Å². The number of guanidine groups is 1. The zero-order valence-corrected chi connectivity index (χ0v) is 15.4. The van der Waals surface area contributed by atoms with Crippen LogP contribution in [0.25, 0.3) is 0 Å². The minimum absolute atomic E-state index is 0.0916. The molecule has 25 heavy (non-hydrogen) atoms. The average Bonchev–Trinajstić information content (AvgIpc) is 2.56. The second-order valence-corrected chi connectivity index (χ2v) is 6.09. The number of halogens is 1. The molecule has 0 heterocycles. The molecule has 7 heteroatoms. The molecule has 0 fully saturated rings. The summed E-state index contributed by atoms with van der Waals surface area (Å²) in [5.74, 6) is 0.705. The second kappa shape index (κ2) is 11.3. The van der Waals surface area contributed by atoms with Gasteiger partial charge in [0.05, 0.1) is 6.61 Å². The Morgan fingerprint density at radius 2 is 2.00 bits per heavy atom. The predicted molar refractivity (Wildman–Crippen MR) is 98.0 cm³/mol. The third kappa shape index (κ3) is 8.37. The van der Waals surface area contributed by atoms with E-state index in [9.17, 15) is 9.18 Å². The van der Waals surface area contributed by atoms with Crippen molar-refractivity contribution >= 4 is 12.1 Å². The molecule has 0 bridgehead atoms. The fraction of sp³-hybridized carbons (Fsp3) is 0.556. The van der Waals surface area contributed by atoms with Crippen LogP contribution in [0.3, 0.4) is 0 Å². The Hall–Kier alpha value is -2.31. The van der Waals surface area contributed by atoms with Gasteiger partial charge in [0.25, 0.3) is 0 Å². The molecule has 0 radical (unpaired) electrons. The molecular weight excluding hydrogens is 323 g/mol. The van der Waals surface area contributed by atoms with Crippen molar-refractivity contribution in [2.75, 3.05) is 20.2 Å². The number of alkyl carbamates (subject to hydrolysis) is 1. The summed E-state index contributed by atoms with van der Waals surface area (Å²) in [7, 11) is 1.65. The number of hydrogen-bond acceptors (Lipinski definition) is 3. The number of nitrogens with one attached hydrogen (secondary N) is 3. The number of aliphatic imine (C=N–C) groups is 1. The highest BCUT2D eigenvalue weighted by Crippen LogP contribution is 2.06. The van der Waals surface area contributed by atoms with E-state index < -0.39 is 6.09 Å². The Morgan fingerprint density at radius 1 is 1.28 bits per heavy atom. The first-order valence-corrected chi connectivity index (χ1v) is 8.57. The zero-order chi connectivity index (χ0) is 18.7. The predicted octanol–water partition coefficient (Wildman–Crippen LogP) is 2.65. The van der Waals surface area contributed by atoms with Gasteiger partial charge >= 0.3 is 6.09 Å². The quantitative estimate of drug-likeness (QED) is 0.497. The van der Waals surface area contributed by atoms with Gasteiger partial charge in [-0.05, 0) is 25.3 Å². The molecular formula is C18H29FN4O2. The SMILES string of the molecule is CCOC(=O)NC(CNC(=NC)NCc1ccccc1F)CC(C)C. The van der Waals surface area contributed by atoms with E-state index in [-0.39, 0.29) is 11.9 Å².